The van der Waals surface area contributed by atoms with Gasteiger partial charge in [0, 0.05) is 0 Å². The van der Waals surface area contributed by atoms with E-state index in [0.717, 1.165) is 0 Å². The van der Waals surface area contributed by atoms with Crippen LogP contribution in [0, 0.1) is 0 Å². The zero-order valence-electron chi connectivity index (χ0n) is 2.81. The van der Waals surface area contributed by atoms with Crippen LogP contribution in [0.15, 0.2) is 0 Å². The van der Waals surface area contributed by atoms with Crippen molar-refractivity contribution in [1.29, 1.82) is 0 Å². The van der Waals surface area contributed by atoms with E-state index in [9.17, 15) is 0 Å². The first-order chi connectivity index (χ1) is 0. The summed E-state index contributed by atoms with van der Waals surface area (Å²) in [5.74, 6) is 0. The minimum absolute atomic E-state index is 0. The average Bonchev–Trinajstić information content (AvgIpc) is 0. The molecule has 0 amide bonds. The van der Waals surface area contributed by atoms with Crippen LogP contribution in [0.3, 0.4) is 0 Å². The minimum atomic E-state index is 0. The fraction of sp³-hybridized carbons (Fsp3) is 0. The molecule has 0 unspecified atom stereocenters. The van der Waals surface area contributed by atoms with E-state index < -0.39 is 0 Å². The molecule has 0 saturated heterocycles. The van der Waals surface area contributed by atoms with E-state index >= 15 is 0 Å². The average molecular weight is 137 g/mol. The van der Waals surface area contributed by atoms with Crippen molar-refractivity contribution in [3.63, 3.8) is 0 Å². The van der Waals surface area contributed by atoms with E-state index in [1.165, 1.54) is 0 Å². The van der Waals surface area contributed by atoms with Crippen molar-refractivity contribution >= 4 is 17.6 Å². The van der Waals surface area contributed by atoms with Crippen LogP contribution in [0.2, 0.25) is 0 Å². The van der Waals surface area contributed by atoms with Gasteiger partial charge in [-0.05, 0) is 0 Å². The van der Waals surface area contributed by atoms with E-state index in [-0.39, 0.29) is 42.2 Å². The monoisotopic (exact) mass is 138 g/mol. The van der Waals surface area contributed by atoms with Gasteiger partial charge in [0.1, 0.15) is 0 Å². The second-order valence-electron chi connectivity index (χ2n) is 0. The van der Waals surface area contributed by atoms with Crippen molar-refractivity contribution in [3.8, 4) is 0 Å². The van der Waals surface area contributed by atoms with Crippen LogP contribution in [0.4, 0.5) is 0 Å². The SMILES string of the molecule is [Ge+4].[NH2-].[NH2-].[NH2-].[NH2-]. The summed E-state index contributed by atoms with van der Waals surface area (Å²) in [5.41, 5.74) is 0. The van der Waals surface area contributed by atoms with Gasteiger partial charge in [0.05, 0.1) is 0 Å². The van der Waals surface area contributed by atoms with Gasteiger partial charge in [-0.2, -0.15) is 0 Å². The van der Waals surface area contributed by atoms with Gasteiger partial charge in [0.15, 0.2) is 0 Å². The molecule has 0 spiro atoms. The number of hydrogen-bond acceptors (Lipinski definition) is 0. The maximum atomic E-state index is 0. The summed E-state index contributed by atoms with van der Waals surface area (Å²) >= 11 is 0. The maximum absolute atomic E-state index is 0. The quantitative estimate of drug-likeness (QED) is 0.453. The Balaban J connectivity index is 0. The van der Waals surface area contributed by atoms with E-state index in [4.69, 9.17) is 0 Å². The minimum Gasteiger partial charge on any atom is -0.693 e. The number of nitrogens with two attached hydrogens (primary N) is 4. The molecule has 8 N–H and O–H groups in total. The van der Waals surface area contributed by atoms with Crippen LogP contribution in [-0.2, 0) is 0 Å². The third-order valence-corrected chi connectivity index (χ3v) is 0. The molecule has 0 aliphatic rings. The van der Waals surface area contributed by atoms with Gasteiger partial charge >= 0.3 is 17.6 Å². The fourth-order valence-electron chi connectivity index (χ4n) is 0. The molecule has 0 bridgehead atoms. The number of rotatable bonds is 0. The third kappa shape index (κ3) is 170. The van der Waals surface area contributed by atoms with Crippen LogP contribution >= 0.6 is 0 Å². The standard InChI is InChI=1S/Ge.4H2N/h;4*1H2/q+4;4*-1. The first kappa shape index (κ1) is 705. The van der Waals surface area contributed by atoms with Crippen molar-refractivity contribution < 1.29 is 0 Å². The van der Waals surface area contributed by atoms with E-state index in [1.54, 1.807) is 0 Å². The molecule has 0 fully saturated rings. The molecule has 32 valence electrons. The number of hydrogen-bond donors (Lipinski definition) is 0. The van der Waals surface area contributed by atoms with Crippen molar-refractivity contribution in [2.45, 2.75) is 0 Å². The van der Waals surface area contributed by atoms with E-state index in [0.29, 0.717) is 0 Å². The van der Waals surface area contributed by atoms with Crippen molar-refractivity contribution in [2.75, 3.05) is 0 Å². The molecule has 0 aliphatic carbocycles. The van der Waals surface area contributed by atoms with Gasteiger partial charge in [0.25, 0.3) is 0 Å². The molecule has 0 atom stereocenters. The zero-order valence-corrected chi connectivity index (χ0v) is 4.91. The molecule has 5 heteroatoms. The molecule has 0 aromatic heterocycles. The topological polar surface area (TPSA) is 134 Å². The van der Waals surface area contributed by atoms with Crippen LogP contribution in [0.5, 0.6) is 0 Å². The molecular weight excluding hydrogens is 129 g/mol. The van der Waals surface area contributed by atoms with Crippen LogP contribution in [0.25, 0.3) is 24.6 Å². The predicted octanol–water partition coefficient (Wildman–Crippen LogP) is 2.49. The van der Waals surface area contributed by atoms with Gasteiger partial charge in [-0.25, -0.2) is 0 Å². The van der Waals surface area contributed by atoms with Crippen LogP contribution < -0.4 is 0 Å². The molecular formula is H8GeN4. The summed E-state index contributed by atoms with van der Waals surface area (Å²) in [6.45, 7) is 0. The zero-order chi connectivity index (χ0) is 0. The van der Waals surface area contributed by atoms with Gasteiger partial charge in [-0.1, -0.05) is 0 Å². The Kier molecular flexibility index (Phi) is 48300. The molecule has 4 nitrogen and oxygen atoms in total. The van der Waals surface area contributed by atoms with Gasteiger partial charge < -0.3 is 24.6 Å². The summed E-state index contributed by atoms with van der Waals surface area (Å²) < 4.78 is 0. The normalized spacial score (nSPS) is 0. The fourth-order valence-corrected chi connectivity index (χ4v) is 0. The van der Waals surface area contributed by atoms with Gasteiger partial charge in [0.2, 0.25) is 0 Å². The molecule has 0 rings (SSSR count). The van der Waals surface area contributed by atoms with Gasteiger partial charge in [-0.15, -0.1) is 0 Å². The summed E-state index contributed by atoms with van der Waals surface area (Å²) in [6.07, 6.45) is 0. The first-order valence-electron chi connectivity index (χ1n) is 0. The third-order valence-electron chi connectivity index (χ3n) is 0. The van der Waals surface area contributed by atoms with Crippen LogP contribution in [-0.4, -0.2) is 17.6 Å². The summed E-state index contributed by atoms with van der Waals surface area (Å²) in [6, 6.07) is 0. The molecule has 0 aromatic carbocycles. The van der Waals surface area contributed by atoms with E-state index in [2.05, 4.69) is 0 Å². The molecule has 0 saturated carbocycles. The van der Waals surface area contributed by atoms with E-state index in [1.807, 2.05) is 0 Å². The Morgan fingerprint density at radius 2 is 0.400 bits per heavy atom. The molecule has 0 aromatic rings. The second kappa shape index (κ2) is 342. The maximum Gasteiger partial charge on any atom is 4.00 e. The Morgan fingerprint density at radius 1 is 0.400 bits per heavy atom. The molecule has 0 heterocycles. The summed E-state index contributed by atoms with van der Waals surface area (Å²) in [4.78, 5) is 0. The Bertz CT molecular complexity index is 3.61. The molecule has 0 aliphatic heterocycles. The largest absolute Gasteiger partial charge is 4.00 e. The predicted molar refractivity (Wildman–Crippen MR) is 26.9 cm³/mol. The van der Waals surface area contributed by atoms with Crippen LogP contribution in [0.1, 0.15) is 0 Å². The van der Waals surface area contributed by atoms with Crippen molar-refractivity contribution in [3.05, 3.63) is 24.6 Å². The second-order valence-corrected chi connectivity index (χ2v) is 0. The smallest absolute Gasteiger partial charge is 0.693 e. The Labute approximate surface area is 43.0 Å². The molecule has 0 radical (unpaired) electrons. The summed E-state index contributed by atoms with van der Waals surface area (Å²) in [7, 11) is 0. The van der Waals surface area contributed by atoms with Crippen molar-refractivity contribution in [2.24, 2.45) is 0 Å². The Hall–Kier alpha value is 0.383. The van der Waals surface area contributed by atoms with Gasteiger partial charge in [-0.3, -0.25) is 0 Å². The summed E-state index contributed by atoms with van der Waals surface area (Å²) in [5, 5.41) is 0. The van der Waals surface area contributed by atoms with Crippen molar-refractivity contribution in [1.82, 2.24) is 0 Å². The molecule has 5 heavy (non-hydrogen) atoms. The first-order valence-corrected chi connectivity index (χ1v) is 0. The Morgan fingerprint density at radius 3 is 0.400 bits per heavy atom.